The molecule has 1 atom stereocenters. The molecule has 1 amide bonds. The quantitative estimate of drug-likeness (QED) is 0.533. The Kier molecular flexibility index (Phi) is 8.21. The second kappa shape index (κ2) is 11.4. The number of benzene rings is 2. The van der Waals surface area contributed by atoms with E-state index in [0.717, 1.165) is 49.6 Å². The van der Waals surface area contributed by atoms with Crippen LogP contribution in [0.3, 0.4) is 0 Å². The molecule has 4 N–H and O–H groups in total. The van der Waals surface area contributed by atoms with Crippen molar-refractivity contribution in [1.82, 2.24) is 15.1 Å². The summed E-state index contributed by atoms with van der Waals surface area (Å²) in [4.78, 5) is 21.4. The predicted octanol–water partition coefficient (Wildman–Crippen LogP) is 3.56. The molecule has 2 aromatic carbocycles. The third kappa shape index (κ3) is 7.01. The second-order valence-corrected chi connectivity index (χ2v) is 9.64. The maximum atomic E-state index is 13.7. The summed E-state index contributed by atoms with van der Waals surface area (Å²) in [7, 11) is 2.02. The molecule has 10 heteroatoms. The van der Waals surface area contributed by atoms with Crippen LogP contribution in [0.25, 0.3) is 0 Å². The van der Waals surface area contributed by atoms with Gasteiger partial charge in [0.2, 0.25) is 0 Å². The van der Waals surface area contributed by atoms with Crippen LogP contribution in [0.1, 0.15) is 39.5 Å². The van der Waals surface area contributed by atoms with Gasteiger partial charge < -0.3 is 15.5 Å². The number of nitrogens with two attached hydrogens (primary N) is 1. The molecule has 1 fully saturated rings. The van der Waals surface area contributed by atoms with E-state index in [1.807, 2.05) is 20.9 Å². The first kappa shape index (κ1) is 27.4. The molecule has 2 aromatic rings. The fourth-order valence-electron chi connectivity index (χ4n) is 4.23. The van der Waals surface area contributed by atoms with Crippen molar-refractivity contribution in [2.45, 2.75) is 32.9 Å². The molecule has 2 aliphatic heterocycles. The molecule has 7 nitrogen and oxygen atoms in total. The summed E-state index contributed by atoms with van der Waals surface area (Å²) in [5.41, 5.74) is 8.79. The minimum atomic E-state index is -4.53. The van der Waals surface area contributed by atoms with Crippen LogP contribution in [0.5, 0.6) is 0 Å². The van der Waals surface area contributed by atoms with Crippen LogP contribution in [-0.4, -0.2) is 61.4 Å². The summed E-state index contributed by atoms with van der Waals surface area (Å²) in [6.45, 7) is 7.35. The number of piperazine rings is 1. The number of amides is 1. The number of aliphatic imine (C=N–C) groups is 1. The normalized spacial score (nSPS) is 18.6. The van der Waals surface area contributed by atoms with E-state index in [0.29, 0.717) is 28.8 Å². The highest BCUT2D eigenvalue weighted by Gasteiger charge is 2.31. The van der Waals surface area contributed by atoms with Gasteiger partial charge in [-0.2, -0.15) is 13.2 Å². The second-order valence-electron chi connectivity index (χ2n) is 9.64. The Morgan fingerprint density at radius 3 is 2.55 bits per heavy atom. The molecule has 1 saturated heterocycles. The monoisotopic (exact) mass is 524 g/mol. The van der Waals surface area contributed by atoms with Gasteiger partial charge in [0.1, 0.15) is 0 Å². The van der Waals surface area contributed by atoms with Gasteiger partial charge >= 0.3 is 6.18 Å². The lowest BCUT2D eigenvalue weighted by atomic mass is 10.0. The number of allylic oxidation sites excluding steroid dienone is 2. The number of anilines is 1. The number of hydrogen-bond acceptors (Lipinski definition) is 6. The summed E-state index contributed by atoms with van der Waals surface area (Å²) in [6, 6.07) is 8.74. The third-order valence-electron chi connectivity index (χ3n) is 6.54. The number of aryl methyl sites for hydroxylation is 1. The lowest BCUT2D eigenvalue weighted by Gasteiger charge is -2.32. The molecule has 38 heavy (non-hydrogen) atoms. The summed E-state index contributed by atoms with van der Waals surface area (Å²) < 4.78 is 41.0. The van der Waals surface area contributed by atoms with Gasteiger partial charge in [-0.15, -0.1) is 0 Å². The fraction of sp³-hybridized carbons (Fsp3) is 0.357. The van der Waals surface area contributed by atoms with E-state index < -0.39 is 23.9 Å². The van der Waals surface area contributed by atoms with E-state index in [-0.39, 0.29) is 5.69 Å². The molecule has 2 heterocycles. The Balaban J connectivity index is 1.55. The summed E-state index contributed by atoms with van der Waals surface area (Å²) in [5.74, 6) is 5.58. The van der Waals surface area contributed by atoms with Crippen molar-refractivity contribution < 1.29 is 18.0 Å². The topological polar surface area (TPSA) is 86.0 Å². The van der Waals surface area contributed by atoms with Gasteiger partial charge in [-0.25, -0.2) is 0 Å². The van der Waals surface area contributed by atoms with Gasteiger partial charge in [0.15, 0.2) is 6.29 Å². The number of halogens is 3. The van der Waals surface area contributed by atoms with Crippen molar-refractivity contribution in [2.75, 3.05) is 38.5 Å². The molecule has 0 saturated carbocycles. The van der Waals surface area contributed by atoms with Gasteiger partial charge in [0.25, 0.3) is 5.91 Å². The minimum Gasteiger partial charge on any atom is -0.354 e. The number of carbonyl (C=O) groups excluding carboxylic acids is 1. The summed E-state index contributed by atoms with van der Waals surface area (Å²) in [6.07, 6.45) is -3.44. The number of nitrogens with zero attached hydrogens (tertiary/aromatic N) is 3. The molecule has 200 valence electrons. The van der Waals surface area contributed by atoms with E-state index in [4.69, 9.17) is 5.73 Å². The van der Waals surface area contributed by atoms with Crippen LogP contribution in [-0.2, 0) is 12.7 Å². The average molecular weight is 525 g/mol. The zero-order valence-corrected chi connectivity index (χ0v) is 21.6. The standard InChI is InChI=1S/C28H31F3N6O/c1-18-4-5-22(14-21(18)6-7-23-16-33-27(32)34-19(23)2)26(38)35-25-13-20(12-24(15-25)28(29,30)31)17-37-10-8-36(3)9-11-37/h4-5,12-16,27,34H,8-11,17,32H2,1-3H3,(H,35,38). The van der Waals surface area contributed by atoms with Crippen LogP contribution in [0.2, 0.25) is 0 Å². The summed E-state index contributed by atoms with van der Waals surface area (Å²) >= 11 is 0. The molecule has 0 bridgehead atoms. The SMILES string of the molecule is CC1=C(C#Cc2cc(C(=O)Nc3cc(CN4CCN(C)CC4)cc(C(F)(F)F)c3)ccc2C)C=NC(N)N1. The first-order chi connectivity index (χ1) is 18.0. The van der Waals surface area contributed by atoms with Crippen molar-refractivity contribution in [1.29, 1.82) is 0 Å². The number of hydrogen-bond donors (Lipinski definition) is 3. The Morgan fingerprint density at radius 1 is 1.13 bits per heavy atom. The van der Waals surface area contributed by atoms with Gasteiger partial charge in [0.05, 0.1) is 11.1 Å². The molecule has 4 rings (SSSR count). The van der Waals surface area contributed by atoms with Gasteiger partial charge in [0, 0.05) is 61.4 Å². The van der Waals surface area contributed by atoms with E-state index in [9.17, 15) is 18.0 Å². The molecular formula is C28H31F3N6O. The lowest BCUT2D eigenvalue weighted by Crippen LogP contribution is -2.43. The number of alkyl halides is 3. The van der Waals surface area contributed by atoms with Gasteiger partial charge in [-0.05, 0) is 62.4 Å². The number of likely N-dealkylation sites (N-methyl/N-ethyl adjacent to an activating group) is 1. The Morgan fingerprint density at radius 2 is 1.87 bits per heavy atom. The smallest absolute Gasteiger partial charge is 0.354 e. The Hall–Kier alpha value is -3.65. The molecule has 0 aromatic heterocycles. The number of rotatable bonds is 4. The molecular weight excluding hydrogens is 493 g/mol. The maximum Gasteiger partial charge on any atom is 0.416 e. The van der Waals surface area contributed by atoms with E-state index in [2.05, 4.69) is 37.3 Å². The highest BCUT2D eigenvalue weighted by atomic mass is 19.4. The zero-order valence-electron chi connectivity index (χ0n) is 21.6. The first-order valence-corrected chi connectivity index (χ1v) is 12.3. The van der Waals surface area contributed by atoms with Crippen LogP contribution >= 0.6 is 0 Å². The number of carbonyl (C=O) groups is 1. The predicted molar refractivity (Wildman–Crippen MR) is 143 cm³/mol. The van der Waals surface area contributed by atoms with Gasteiger partial charge in [-0.1, -0.05) is 17.9 Å². The molecule has 0 spiro atoms. The summed E-state index contributed by atoms with van der Waals surface area (Å²) in [5, 5.41) is 5.64. The average Bonchev–Trinajstić information content (AvgIpc) is 2.85. The van der Waals surface area contributed by atoms with Crippen molar-refractivity contribution in [2.24, 2.45) is 10.7 Å². The zero-order chi connectivity index (χ0) is 27.4. The number of nitrogens with one attached hydrogen (secondary N) is 2. The van der Waals surface area contributed by atoms with Crippen molar-refractivity contribution in [3.05, 3.63) is 75.5 Å². The molecule has 0 aliphatic carbocycles. The Bertz CT molecular complexity index is 1330. The fourth-order valence-corrected chi connectivity index (χ4v) is 4.23. The van der Waals surface area contributed by atoms with Crippen molar-refractivity contribution >= 4 is 17.8 Å². The highest BCUT2D eigenvalue weighted by molar-refractivity contribution is 6.04. The van der Waals surface area contributed by atoms with Crippen LogP contribution in [0.15, 0.2) is 52.7 Å². The van der Waals surface area contributed by atoms with Gasteiger partial charge in [-0.3, -0.25) is 20.4 Å². The van der Waals surface area contributed by atoms with Crippen LogP contribution in [0.4, 0.5) is 18.9 Å². The van der Waals surface area contributed by atoms with Crippen molar-refractivity contribution in [3.8, 4) is 11.8 Å². The van der Waals surface area contributed by atoms with Crippen LogP contribution in [0, 0.1) is 18.8 Å². The minimum absolute atomic E-state index is 0.101. The largest absolute Gasteiger partial charge is 0.416 e. The first-order valence-electron chi connectivity index (χ1n) is 12.3. The van der Waals surface area contributed by atoms with E-state index >= 15 is 0 Å². The van der Waals surface area contributed by atoms with Crippen LogP contribution < -0.4 is 16.4 Å². The molecule has 2 aliphatic rings. The Labute approximate surface area is 220 Å². The van der Waals surface area contributed by atoms with E-state index in [1.54, 1.807) is 30.5 Å². The third-order valence-corrected chi connectivity index (χ3v) is 6.54. The highest BCUT2D eigenvalue weighted by Crippen LogP contribution is 2.32. The maximum absolute atomic E-state index is 13.7. The van der Waals surface area contributed by atoms with Crippen molar-refractivity contribution in [3.63, 3.8) is 0 Å². The van der Waals surface area contributed by atoms with E-state index in [1.165, 1.54) is 0 Å². The molecule has 1 unspecified atom stereocenters. The lowest BCUT2D eigenvalue weighted by molar-refractivity contribution is -0.137. The molecule has 0 radical (unpaired) electrons.